The first-order valence-electron chi connectivity index (χ1n) is 6.36. The summed E-state index contributed by atoms with van der Waals surface area (Å²) in [5, 5.41) is 10.6. The summed E-state index contributed by atoms with van der Waals surface area (Å²) in [5.74, 6) is 0.545. The van der Waals surface area contributed by atoms with E-state index >= 15 is 0 Å². The Bertz CT molecular complexity index is 434. The highest BCUT2D eigenvalue weighted by Crippen LogP contribution is 2.16. The summed E-state index contributed by atoms with van der Waals surface area (Å²) in [6.45, 7) is 3.32. The van der Waals surface area contributed by atoms with Crippen molar-refractivity contribution in [3.63, 3.8) is 0 Å². The van der Waals surface area contributed by atoms with E-state index in [9.17, 15) is 4.79 Å². The van der Waals surface area contributed by atoms with Crippen LogP contribution in [0.15, 0.2) is 12.1 Å². The van der Waals surface area contributed by atoms with E-state index in [1.165, 1.54) is 0 Å². The van der Waals surface area contributed by atoms with Gasteiger partial charge in [-0.05, 0) is 19.2 Å². The molecule has 2 rings (SSSR count). The quantitative estimate of drug-likeness (QED) is 0.722. The van der Waals surface area contributed by atoms with Crippen molar-refractivity contribution >= 4 is 11.7 Å². The Hall–Kier alpha value is -1.73. The van der Waals surface area contributed by atoms with Crippen molar-refractivity contribution in [3.8, 4) is 0 Å². The maximum atomic E-state index is 11.4. The largest absolute Gasteiger partial charge is 0.354 e. The number of nitrogens with one attached hydrogen (secondary N) is 1. The van der Waals surface area contributed by atoms with E-state index in [0.29, 0.717) is 12.2 Å². The smallest absolute Gasteiger partial charge is 0.271 e. The van der Waals surface area contributed by atoms with E-state index in [4.69, 9.17) is 5.73 Å². The van der Waals surface area contributed by atoms with Crippen LogP contribution in [0.5, 0.6) is 0 Å². The van der Waals surface area contributed by atoms with Gasteiger partial charge in [-0.25, -0.2) is 0 Å². The van der Waals surface area contributed by atoms with Gasteiger partial charge in [0.05, 0.1) is 6.04 Å². The Kier molecular flexibility index (Phi) is 4.28. The Labute approximate surface area is 112 Å². The third-order valence-electron chi connectivity index (χ3n) is 3.36. The van der Waals surface area contributed by atoms with E-state index in [1.807, 2.05) is 6.07 Å². The fraction of sp³-hybridized carbons (Fsp3) is 0.583. The summed E-state index contributed by atoms with van der Waals surface area (Å²) < 4.78 is 0. The second-order valence-corrected chi connectivity index (χ2v) is 4.70. The van der Waals surface area contributed by atoms with Crippen LogP contribution in [-0.2, 0) is 0 Å². The first kappa shape index (κ1) is 13.7. The number of nitrogens with zero attached hydrogens (tertiary/aromatic N) is 4. The number of amides is 1. The molecule has 2 heterocycles. The molecule has 1 fully saturated rings. The minimum atomic E-state index is -0.229. The number of rotatable bonds is 3. The molecule has 1 aliphatic rings. The number of piperazine rings is 1. The van der Waals surface area contributed by atoms with Gasteiger partial charge in [-0.3, -0.25) is 4.79 Å². The van der Waals surface area contributed by atoms with Gasteiger partial charge in [0, 0.05) is 33.2 Å². The van der Waals surface area contributed by atoms with Crippen molar-refractivity contribution in [2.45, 2.75) is 6.04 Å². The minimum Gasteiger partial charge on any atom is -0.354 e. The van der Waals surface area contributed by atoms with Crippen molar-refractivity contribution in [2.75, 3.05) is 45.2 Å². The molecule has 1 atom stereocenters. The van der Waals surface area contributed by atoms with E-state index in [0.717, 1.165) is 25.5 Å². The summed E-state index contributed by atoms with van der Waals surface area (Å²) >= 11 is 0. The molecule has 1 aromatic rings. The van der Waals surface area contributed by atoms with Crippen molar-refractivity contribution < 1.29 is 4.79 Å². The Morgan fingerprint density at radius 2 is 2.26 bits per heavy atom. The van der Waals surface area contributed by atoms with Crippen molar-refractivity contribution in [1.82, 2.24) is 20.4 Å². The highest BCUT2D eigenvalue weighted by atomic mass is 16.1. The van der Waals surface area contributed by atoms with E-state index < -0.39 is 0 Å². The zero-order chi connectivity index (χ0) is 13.8. The van der Waals surface area contributed by atoms with Crippen molar-refractivity contribution in [1.29, 1.82) is 0 Å². The Morgan fingerprint density at radius 1 is 1.47 bits per heavy atom. The Morgan fingerprint density at radius 3 is 2.84 bits per heavy atom. The number of likely N-dealkylation sites (N-methyl/N-ethyl adjacent to an activating group) is 1. The van der Waals surface area contributed by atoms with Crippen LogP contribution in [0.2, 0.25) is 0 Å². The third-order valence-corrected chi connectivity index (χ3v) is 3.36. The summed E-state index contributed by atoms with van der Waals surface area (Å²) in [7, 11) is 3.66. The molecule has 1 saturated heterocycles. The molecule has 0 aromatic carbocycles. The lowest BCUT2D eigenvalue weighted by Crippen LogP contribution is -2.55. The van der Waals surface area contributed by atoms with Gasteiger partial charge in [0.2, 0.25) is 0 Å². The molecule has 7 nitrogen and oxygen atoms in total. The predicted molar refractivity (Wildman–Crippen MR) is 73.1 cm³/mol. The number of carbonyl (C=O) groups is 1. The lowest BCUT2D eigenvalue weighted by atomic mass is 10.1. The van der Waals surface area contributed by atoms with Crippen LogP contribution in [0.3, 0.4) is 0 Å². The zero-order valence-electron chi connectivity index (χ0n) is 11.3. The highest BCUT2D eigenvalue weighted by Gasteiger charge is 2.25. The molecule has 0 aliphatic carbocycles. The Balaban J connectivity index is 2.14. The molecule has 1 unspecified atom stereocenters. The predicted octanol–water partition coefficient (Wildman–Crippen LogP) is -1.08. The van der Waals surface area contributed by atoms with Crippen LogP contribution in [0.4, 0.5) is 5.82 Å². The van der Waals surface area contributed by atoms with Crippen LogP contribution in [0.1, 0.15) is 10.5 Å². The molecule has 0 spiro atoms. The van der Waals surface area contributed by atoms with E-state index in [-0.39, 0.29) is 11.9 Å². The molecule has 0 saturated carbocycles. The van der Waals surface area contributed by atoms with Gasteiger partial charge >= 0.3 is 0 Å². The van der Waals surface area contributed by atoms with Crippen LogP contribution in [0, 0.1) is 0 Å². The standard InChI is InChI=1S/C12H20N6O/c1-14-12(19)10-3-4-11(16-15-10)18-6-5-17(2)8-9(18)7-13/h3-4,9H,5-8,13H2,1-2H3,(H,14,19). The number of nitrogens with two attached hydrogens (primary N) is 1. The maximum absolute atomic E-state index is 11.4. The number of aromatic nitrogens is 2. The van der Waals surface area contributed by atoms with Gasteiger partial charge in [-0.1, -0.05) is 0 Å². The minimum absolute atomic E-state index is 0.229. The first-order chi connectivity index (χ1) is 9.15. The van der Waals surface area contributed by atoms with Crippen molar-refractivity contribution in [3.05, 3.63) is 17.8 Å². The molecule has 0 radical (unpaired) electrons. The van der Waals surface area contributed by atoms with Crippen molar-refractivity contribution in [2.24, 2.45) is 5.73 Å². The fourth-order valence-electron chi connectivity index (χ4n) is 2.24. The lowest BCUT2D eigenvalue weighted by Gasteiger charge is -2.40. The van der Waals surface area contributed by atoms with Gasteiger partial charge in [0.15, 0.2) is 11.5 Å². The summed E-state index contributed by atoms with van der Waals surface area (Å²) in [4.78, 5) is 15.8. The topological polar surface area (TPSA) is 87.4 Å². The maximum Gasteiger partial charge on any atom is 0.271 e. The van der Waals surface area contributed by atoms with Gasteiger partial charge < -0.3 is 20.9 Å². The van der Waals surface area contributed by atoms with Crippen LogP contribution in [-0.4, -0.2) is 67.3 Å². The molecule has 1 aromatic heterocycles. The summed E-state index contributed by atoms with van der Waals surface area (Å²) in [6, 6.07) is 3.75. The number of hydrogen-bond acceptors (Lipinski definition) is 6. The molecule has 7 heteroatoms. The van der Waals surface area contributed by atoms with Gasteiger partial charge in [-0.2, -0.15) is 0 Å². The van der Waals surface area contributed by atoms with E-state index in [2.05, 4.69) is 32.4 Å². The summed E-state index contributed by atoms with van der Waals surface area (Å²) in [5.41, 5.74) is 6.14. The molecule has 0 bridgehead atoms. The molecule has 19 heavy (non-hydrogen) atoms. The fourth-order valence-corrected chi connectivity index (χ4v) is 2.24. The number of hydrogen-bond donors (Lipinski definition) is 2. The second kappa shape index (κ2) is 5.94. The number of anilines is 1. The SMILES string of the molecule is CNC(=O)c1ccc(N2CCN(C)CC2CN)nn1. The average Bonchev–Trinajstić information content (AvgIpc) is 2.46. The summed E-state index contributed by atoms with van der Waals surface area (Å²) in [6.07, 6.45) is 0. The third kappa shape index (κ3) is 2.99. The monoisotopic (exact) mass is 264 g/mol. The molecular weight excluding hydrogens is 244 g/mol. The van der Waals surface area contributed by atoms with Gasteiger partial charge in [0.25, 0.3) is 5.91 Å². The molecule has 104 valence electrons. The van der Waals surface area contributed by atoms with Gasteiger partial charge in [0.1, 0.15) is 0 Å². The first-order valence-corrected chi connectivity index (χ1v) is 6.36. The number of carbonyl (C=O) groups excluding carboxylic acids is 1. The zero-order valence-corrected chi connectivity index (χ0v) is 11.3. The van der Waals surface area contributed by atoms with Gasteiger partial charge in [-0.15, -0.1) is 10.2 Å². The van der Waals surface area contributed by atoms with Crippen LogP contribution in [0.25, 0.3) is 0 Å². The lowest BCUT2D eigenvalue weighted by molar-refractivity contribution is 0.0957. The molecule has 1 amide bonds. The molecule has 3 N–H and O–H groups in total. The molecule has 1 aliphatic heterocycles. The average molecular weight is 264 g/mol. The van der Waals surface area contributed by atoms with E-state index in [1.54, 1.807) is 13.1 Å². The highest BCUT2D eigenvalue weighted by molar-refractivity contribution is 5.91. The second-order valence-electron chi connectivity index (χ2n) is 4.70. The van der Waals surface area contributed by atoms with Crippen LogP contribution >= 0.6 is 0 Å². The molecular formula is C12H20N6O. The van der Waals surface area contributed by atoms with Crippen LogP contribution < -0.4 is 16.0 Å². The normalized spacial score (nSPS) is 20.4.